The molecule has 0 saturated heterocycles. The monoisotopic (exact) mass is 310 g/mol. The Morgan fingerprint density at radius 1 is 1.09 bits per heavy atom. The van der Waals surface area contributed by atoms with Gasteiger partial charge in [-0.25, -0.2) is 9.97 Å². The topological polar surface area (TPSA) is 66.9 Å². The Kier molecular flexibility index (Phi) is 4.30. The molecule has 1 aromatic heterocycles. The smallest absolute Gasteiger partial charge is 0.267 e. The molecular formula is C14H13F3N4O. The van der Waals surface area contributed by atoms with E-state index in [0.717, 1.165) is 12.1 Å². The molecule has 22 heavy (non-hydrogen) atoms. The summed E-state index contributed by atoms with van der Waals surface area (Å²) in [7, 11) is 0. The average Bonchev–Trinajstić information content (AvgIpc) is 2.43. The quantitative estimate of drug-likeness (QED) is 0.856. The molecule has 1 aromatic carbocycles. The maximum Gasteiger partial charge on any atom is 0.417 e. The van der Waals surface area contributed by atoms with E-state index in [9.17, 15) is 18.0 Å². The lowest BCUT2D eigenvalue weighted by Crippen LogP contribution is -2.32. The number of amides is 1. The minimum absolute atomic E-state index is 0.107. The molecule has 0 saturated carbocycles. The van der Waals surface area contributed by atoms with Crippen LogP contribution in [-0.4, -0.2) is 15.9 Å². The highest BCUT2D eigenvalue weighted by molar-refractivity contribution is 5.96. The second kappa shape index (κ2) is 6.00. The lowest BCUT2D eigenvalue weighted by molar-refractivity contribution is -0.137. The molecular weight excluding hydrogens is 297 g/mol. The zero-order valence-corrected chi connectivity index (χ0v) is 11.8. The largest absolute Gasteiger partial charge is 0.417 e. The van der Waals surface area contributed by atoms with Crippen LogP contribution < -0.4 is 10.9 Å². The van der Waals surface area contributed by atoms with Crippen LogP contribution >= 0.6 is 0 Å². The molecule has 8 heteroatoms. The molecule has 0 spiro atoms. The minimum atomic E-state index is -4.61. The molecule has 2 aromatic rings. The van der Waals surface area contributed by atoms with Gasteiger partial charge in [0.05, 0.1) is 11.1 Å². The summed E-state index contributed by atoms with van der Waals surface area (Å²) >= 11 is 0. The van der Waals surface area contributed by atoms with Gasteiger partial charge in [-0.1, -0.05) is 12.1 Å². The number of alkyl halides is 3. The number of aryl methyl sites for hydroxylation is 2. The van der Waals surface area contributed by atoms with E-state index < -0.39 is 23.2 Å². The number of halogens is 3. The molecule has 0 aliphatic carbocycles. The lowest BCUT2D eigenvalue weighted by Gasteiger charge is -2.13. The highest BCUT2D eigenvalue weighted by Crippen LogP contribution is 2.31. The van der Waals surface area contributed by atoms with Gasteiger partial charge in [-0.15, -0.1) is 0 Å². The first-order chi connectivity index (χ1) is 10.3. The number of hydrazine groups is 1. The molecule has 0 atom stereocenters. The summed E-state index contributed by atoms with van der Waals surface area (Å²) in [5, 5.41) is 0. The molecule has 0 aliphatic heterocycles. The normalized spacial score (nSPS) is 11.1. The van der Waals surface area contributed by atoms with Crippen LogP contribution in [0.25, 0.3) is 0 Å². The van der Waals surface area contributed by atoms with Crippen molar-refractivity contribution in [2.75, 3.05) is 5.43 Å². The molecule has 2 N–H and O–H groups in total. The summed E-state index contributed by atoms with van der Waals surface area (Å²) in [6.07, 6.45) is -4.61. The minimum Gasteiger partial charge on any atom is -0.267 e. The van der Waals surface area contributed by atoms with Crippen molar-refractivity contribution in [3.8, 4) is 0 Å². The Hall–Kier alpha value is -2.64. The van der Waals surface area contributed by atoms with E-state index in [4.69, 9.17) is 0 Å². The van der Waals surface area contributed by atoms with E-state index in [0.29, 0.717) is 11.4 Å². The number of carbonyl (C=O) groups excluding carboxylic acids is 1. The molecule has 1 amide bonds. The van der Waals surface area contributed by atoms with Gasteiger partial charge in [0.15, 0.2) is 0 Å². The van der Waals surface area contributed by atoms with Gasteiger partial charge in [-0.05, 0) is 32.0 Å². The van der Waals surface area contributed by atoms with Crippen LogP contribution in [0.4, 0.5) is 19.1 Å². The van der Waals surface area contributed by atoms with Crippen LogP contribution in [0.2, 0.25) is 0 Å². The summed E-state index contributed by atoms with van der Waals surface area (Å²) in [5.41, 5.74) is 4.43. The molecule has 2 rings (SSSR count). The fourth-order valence-electron chi connectivity index (χ4n) is 1.89. The fraction of sp³-hybridized carbons (Fsp3) is 0.214. The van der Waals surface area contributed by atoms with Crippen molar-refractivity contribution in [1.29, 1.82) is 0 Å². The molecule has 0 unspecified atom stereocenters. The van der Waals surface area contributed by atoms with Gasteiger partial charge in [0.2, 0.25) is 5.95 Å². The van der Waals surface area contributed by atoms with E-state index in [1.807, 2.05) is 0 Å². The third-order valence-electron chi connectivity index (χ3n) is 2.75. The Bertz CT molecular complexity index is 680. The predicted molar refractivity (Wildman–Crippen MR) is 74.0 cm³/mol. The number of hydrogen-bond donors (Lipinski definition) is 2. The summed E-state index contributed by atoms with van der Waals surface area (Å²) in [6, 6.07) is 6.26. The molecule has 116 valence electrons. The molecule has 0 aliphatic rings. The van der Waals surface area contributed by atoms with Gasteiger partial charge in [-0.3, -0.25) is 15.6 Å². The van der Waals surface area contributed by atoms with Gasteiger partial charge < -0.3 is 0 Å². The molecule has 0 radical (unpaired) electrons. The van der Waals surface area contributed by atoms with Crippen LogP contribution in [0.15, 0.2) is 30.3 Å². The Morgan fingerprint density at radius 2 is 1.68 bits per heavy atom. The Morgan fingerprint density at radius 3 is 2.27 bits per heavy atom. The van der Waals surface area contributed by atoms with Gasteiger partial charge in [0.1, 0.15) is 0 Å². The van der Waals surface area contributed by atoms with E-state index >= 15 is 0 Å². The number of nitrogens with one attached hydrogen (secondary N) is 2. The first-order valence-corrected chi connectivity index (χ1v) is 6.32. The van der Waals surface area contributed by atoms with Crippen molar-refractivity contribution in [1.82, 2.24) is 15.4 Å². The van der Waals surface area contributed by atoms with Crippen LogP contribution in [0.1, 0.15) is 27.3 Å². The van der Waals surface area contributed by atoms with Crippen LogP contribution in [0, 0.1) is 13.8 Å². The number of hydrogen-bond acceptors (Lipinski definition) is 4. The number of carbonyl (C=O) groups is 1. The van der Waals surface area contributed by atoms with Crippen molar-refractivity contribution < 1.29 is 18.0 Å². The third-order valence-corrected chi connectivity index (χ3v) is 2.75. The van der Waals surface area contributed by atoms with Crippen molar-refractivity contribution in [3.05, 3.63) is 52.8 Å². The highest BCUT2D eigenvalue weighted by Gasteiger charge is 2.34. The second-order valence-electron chi connectivity index (χ2n) is 4.60. The van der Waals surface area contributed by atoms with Gasteiger partial charge in [0, 0.05) is 11.4 Å². The van der Waals surface area contributed by atoms with Crippen molar-refractivity contribution >= 4 is 11.9 Å². The summed E-state index contributed by atoms with van der Waals surface area (Å²) in [4.78, 5) is 19.9. The zero-order valence-electron chi connectivity index (χ0n) is 11.8. The number of anilines is 1. The molecule has 1 heterocycles. The number of benzene rings is 1. The predicted octanol–water partition coefficient (Wildman–Crippen LogP) is 2.87. The molecule has 0 fully saturated rings. The first-order valence-electron chi connectivity index (χ1n) is 6.32. The number of nitrogens with zero attached hydrogens (tertiary/aromatic N) is 2. The maximum absolute atomic E-state index is 12.9. The third kappa shape index (κ3) is 3.72. The van der Waals surface area contributed by atoms with Crippen molar-refractivity contribution in [2.45, 2.75) is 20.0 Å². The zero-order chi connectivity index (χ0) is 16.3. The molecule has 5 nitrogen and oxygen atoms in total. The number of aromatic nitrogens is 2. The summed E-state index contributed by atoms with van der Waals surface area (Å²) in [6.45, 7) is 3.47. The standard InChI is InChI=1S/C14H13F3N4O/c1-8-7-9(2)19-13(18-8)21-20-12(22)10-5-3-4-6-11(10)14(15,16)17/h3-7H,1-2H3,(H,20,22)(H,18,19,21). The van der Waals surface area contributed by atoms with Gasteiger partial charge in [-0.2, -0.15) is 13.2 Å². The van der Waals surface area contributed by atoms with Crippen LogP contribution in [0.5, 0.6) is 0 Å². The second-order valence-corrected chi connectivity index (χ2v) is 4.60. The Balaban J connectivity index is 2.17. The van der Waals surface area contributed by atoms with E-state index in [1.54, 1.807) is 19.9 Å². The van der Waals surface area contributed by atoms with E-state index in [-0.39, 0.29) is 5.95 Å². The molecule has 0 bridgehead atoms. The lowest BCUT2D eigenvalue weighted by atomic mass is 10.1. The Labute approximate surface area is 124 Å². The number of rotatable bonds is 3. The van der Waals surface area contributed by atoms with Gasteiger partial charge >= 0.3 is 6.18 Å². The maximum atomic E-state index is 12.9. The van der Waals surface area contributed by atoms with Crippen LogP contribution in [0.3, 0.4) is 0 Å². The van der Waals surface area contributed by atoms with Crippen molar-refractivity contribution in [2.24, 2.45) is 0 Å². The summed E-state index contributed by atoms with van der Waals surface area (Å²) in [5.74, 6) is -0.814. The van der Waals surface area contributed by atoms with E-state index in [1.165, 1.54) is 12.1 Å². The summed E-state index contributed by atoms with van der Waals surface area (Å²) < 4.78 is 38.6. The average molecular weight is 310 g/mol. The van der Waals surface area contributed by atoms with Crippen LogP contribution in [-0.2, 0) is 6.18 Å². The SMILES string of the molecule is Cc1cc(C)nc(NNC(=O)c2ccccc2C(F)(F)F)n1. The van der Waals surface area contributed by atoms with Crippen molar-refractivity contribution in [3.63, 3.8) is 0 Å². The fourth-order valence-corrected chi connectivity index (χ4v) is 1.89. The van der Waals surface area contributed by atoms with E-state index in [2.05, 4.69) is 20.8 Å². The first kappa shape index (κ1) is 15.7. The van der Waals surface area contributed by atoms with Gasteiger partial charge in [0.25, 0.3) is 5.91 Å². The highest BCUT2D eigenvalue weighted by atomic mass is 19.4.